The summed E-state index contributed by atoms with van der Waals surface area (Å²) in [7, 11) is 3.79. The van der Waals surface area contributed by atoms with Crippen LogP contribution in [-0.2, 0) is 11.2 Å². The molecule has 0 aromatic carbocycles. The molecule has 3 atom stereocenters. The van der Waals surface area contributed by atoms with Crippen LogP contribution < -0.4 is 5.32 Å². The molecule has 0 amide bonds. The Kier molecular flexibility index (Phi) is 4.13. The van der Waals surface area contributed by atoms with Crippen molar-refractivity contribution < 1.29 is 4.74 Å². The summed E-state index contributed by atoms with van der Waals surface area (Å²) in [4.78, 5) is 4.59. The van der Waals surface area contributed by atoms with Crippen molar-refractivity contribution in [2.45, 2.75) is 44.2 Å². The van der Waals surface area contributed by atoms with E-state index in [1.54, 1.807) is 7.11 Å². The molecule has 0 saturated carbocycles. The smallest absolute Gasteiger partial charge is 0.0702 e. The van der Waals surface area contributed by atoms with Gasteiger partial charge in [0.15, 0.2) is 0 Å². The highest BCUT2D eigenvalue weighted by atomic mass is 16.5. The van der Waals surface area contributed by atoms with E-state index in [1.807, 2.05) is 19.3 Å². The number of nitrogens with one attached hydrogen (secondary N) is 1. The van der Waals surface area contributed by atoms with Crippen molar-refractivity contribution in [2.75, 3.05) is 14.2 Å². The van der Waals surface area contributed by atoms with E-state index in [4.69, 9.17) is 4.74 Å². The molecule has 1 aliphatic rings. The van der Waals surface area contributed by atoms with E-state index < -0.39 is 0 Å². The lowest BCUT2D eigenvalue weighted by Gasteiger charge is -2.34. The van der Waals surface area contributed by atoms with E-state index in [1.165, 1.54) is 24.1 Å². The zero-order valence-electron chi connectivity index (χ0n) is 10.9. The molecule has 0 fully saturated rings. The van der Waals surface area contributed by atoms with Gasteiger partial charge in [-0.05, 0) is 44.9 Å². The molecule has 1 aromatic rings. The van der Waals surface area contributed by atoms with Crippen LogP contribution >= 0.6 is 0 Å². The van der Waals surface area contributed by atoms with Crippen molar-refractivity contribution >= 4 is 0 Å². The summed E-state index contributed by atoms with van der Waals surface area (Å²) in [6.07, 6.45) is 5.72. The van der Waals surface area contributed by atoms with Gasteiger partial charge in [-0.15, -0.1) is 0 Å². The maximum Gasteiger partial charge on any atom is 0.0702 e. The molecule has 0 radical (unpaired) electrons. The van der Waals surface area contributed by atoms with Gasteiger partial charge in [-0.1, -0.05) is 6.07 Å². The molecule has 2 rings (SSSR count). The van der Waals surface area contributed by atoms with Gasteiger partial charge in [0.25, 0.3) is 0 Å². The summed E-state index contributed by atoms with van der Waals surface area (Å²) >= 11 is 0. The third-order valence-corrected chi connectivity index (χ3v) is 3.88. The molecule has 1 aromatic heterocycles. The van der Waals surface area contributed by atoms with Gasteiger partial charge in [-0.2, -0.15) is 0 Å². The number of hydrogen-bond donors (Lipinski definition) is 1. The zero-order chi connectivity index (χ0) is 12.3. The number of rotatable bonds is 4. The second-order valence-electron chi connectivity index (χ2n) is 4.80. The van der Waals surface area contributed by atoms with E-state index in [-0.39, 0.29) is 6.10 Å². The number of aryl methyl sites for hydroxylation is 1. The van der Waals surface area contributed by atoms with Crippen LogP contribution in [0.2, 0.25) is 0 Å². The Bertz CT molecular complexity index is 367. The minimum atomic E-state index is 0.206. The van der Waals surface area contributed by atoms with Gasteiger partial charge in [-0.3, -0.25) is 4.98 Å². The van der Waals surface area contributed by atoms with Crippen molar-refractivity contribution in [3.8, 4) is 0 Å². The summed E-state index contributed by atoms with van der Waals surface area (Å²) in [5, 5.41) is 3.40. The highest BCUT2D eigenvalue weighted by Gasteiger charge is 2.31. The Morgan fingerprint density at radius 1 is 1.53 bits per heavy atom. The van der Waals surface area contributed by atoms with E-state index >= 15 is 0 Å². The van der Waals surface area contributed by atoms with Crippen LogP contribution in [0.25, 0.3) is 0 Å². The van der Waals surface area contributed by atoms with Gasteiger partial charge >= 0.3 is 0 Å². The van der Waals surface area contributed by atoms with Crippen molar-refractivity contribution in [1.29, 1.82) is 0 Å². The quantitative estimate of drug-likeness (QED) is 0.866. The number of ether oxygens (including phenoxy) is 1. The standard InChI is InChI=1S/C14H22N2O/c1-10(17-3)13(15-2)12-8-4-6-11-7-5-9-16-14(11)12/h5,7,9-10,12-13,15H,4,6,8H2,1-3H3. The van der Waals surface area contributed by atoms with Crippen LogP contribution in [0.4, 0.5) is 0 Å². The SMILES string of the molecule is CNC(C(C)OC)C1CCCc2cccnc21. The van der Waals surface area contributed by atoms with Gasteiger partial charge in [0.2, 0.25) is 0 Å². The minimum Gasteiger partial charge on any atom is -0.380 e. The molecule has 3 unspecified atom stereocenters. The molecule has 1 heterocycles. The third-order valence-electron chi connectivity index (χ3n) is 3.88. The van der Waals surface area contributed by atoms with Gasteiger partial charge < -0.3 is 10.1 Å². The molecule has 0 aliphatic heterocycles. The lowest BCUT2D eigenvalue weighted by atomic mass is 9.80. The number of hydrogen-bond acceptors (Lipinski definition) is 3. The topological polar surface area (TPSA) is 34.1 Å². The predicted molar refractivity (Wildman–Crippen MR) is 69.2 cm³/mol. The lowest BCUT2D eigenvalue weighted by Crippen LogP contribution is -2.43. The Balaban J connectivity index is 2.27. The van der Waals surface area contributed by atoms with Gasteiger partial charge in [0.1, 0.15) is 0 Å². The Labute approximate surface area is 104 Å². The molecule has 0 spiro atoms. The van der Waals surface area contributed by atoms with Crippen LogP contribution in [-0.4, -0.2) is 31.3 Å². The second kappa shape index (κ2) is 5.61. The van der Waals surface area contributed by atoms with Crippen LogP contribution in [0.1, 0.15) is 36.9 Å². The predicted octanol–water partition coefficient (Wildman–Crippen LogP) is 2.12. The summed E-state index contributed by atoms with van der Waals surface area (Å²) in [6.45, 7) is 2.12. The van der Waals surface area contributed by atoms with Crippen molar-refractivity contribution in [1.82, 2.24) is 10.3 Å². The van der Waals surface area contributed by atoms with Crippen LogP contribution in [0.15, 0.2) is 18.3 Å². The number of fused-ring (bicyclic) bond motifs is 1. The molecule has 17 heavy (non-hydrogen) atoms. The number of methoxy groups -OCH3 is 1. The fourth-order valence-corrected chi connectivity index (χ4v) is 2.90. The van der Waals surface area contributed by atoms with Gasteiger partial charge in [0, 0.05) is 31.0 Å². The Hall–Kier alpha value is -0.930. The molecule has 0 saturated heterocycles. The molecule has 94 valence electrons. The van der Waals surface area contributed by atoms with Gasteiger partial charge in [0.05, 0.1) is 6.10 Å². The maximum atomic E-state index is 5.48. The fraction of sp³-hybridized carbons (Fsp3) is 0.643. The third kappa shape index (κ3) is 2.50. The number of likely N-dealkylation sites (N-methyl/N-ethyl adjacent to an activating group) is 1. The van der Waals surface area contributed by atoms with Crippen molar-refractivity contribution in [3.63, 3.8) is 0 Å². The molecule has 0 bridgehead atoms. The Morgan fingerprint density at radius 3 is 3.06 bits per heavy atom. The molecule has 3 heteroatoms. The highest BCUT2D eigenvalue weighted by molar-refractivity contribution is 5.27. The van der Waals surface area contributed by atoms with Crippen LogP contribution in [0.5, 0.6) is 0 Å². The summed E-state index contributed by atoms with van der Waals surface area (Å²) in [6, 6.07) is 4.59. The summed E-state index contributed by atoms with van der Waals surface area (Å²) < 4.78 is 5.48. The first kappa shape index (κ1) is 12.5. The zero-order valence-corrected chi connectivity index (χ0v) is 10.9. The number of pyridine rings is 1. The summed E-state index contributed by atoms with van der Waals surface area (Å²) in [5.74, 6) is 0.472. The molecule has 1 N–H and O–H groups in total. The van der Waals surface area contributed by atoms with Crippen molar-refractivity contribution in [3.05, 3.63) is 29.6 Å². The first-order valence-electron chi connectivity index (χ1n) is 6.41. The first-order valence-corrected chi connectivity index (χ1v) is 6.41. The number of aromatic nitrogens is 1. The molecule has 1 aliphatic carbocycles. The van der Waals surface area contributed by atoms with Gasteiger partial charge in [-0.25, -0.2) is 0 Å². The monoisotopic (exact) mass is 234 g/mol. The van der Waals surface area contributed by atoms with E-state index in [0.717, 1.165) is 6.42 Å². The normalized spacial score (nSPS) is 22.9. The van der Waals surface area contributed by atoms with Crippen LogP contribution in [0.3, 0.4) is 0 Å². The fourth-order valence-electron chi connectivity index (χ4n) is 2.90. The van der Waals surface area contributed by atoms with Crippen molar-refractivity contribution in [2.24, 2.45) is 0 Å². The summed E-state index contributed by atoms with van der Waals surface area (Å²) in [5.41, 5.74) is 2.68. The largest absolute Gasteiger partial charge is 0.380 e. The van der Waals surface area contributed by atoms with E-state index in [2.05, 4.69) is 23.3 Å². The van der Waals surface area contributed by atoms with Crippen LogP contribution in [0, 0.1) is 0 Å². The Morgan fingerprint density at radius 2 is 2.35 bits per heavy atom. The average molecular weight is 234 g/mol. The highest BCUT2D eigenvalue weighted by Crippen LogP contribution is 2.33. The molecule has 3 nitrogen and oxygen atoms in total. The number of nitrogens with zero attached hydrogens (tertiary/aromatic N) is 1. The molecular weight excluding hydrogens is 212 g/mol. The van der Waals surface area contributed by atoms with E-state index in [0.29, 0.717) is 12.0 Å². The second-order valence-corrected chi connectivity index (χ2v) is 4.80. The van der Waals surface area contributed by atoms with E-state index in [9.17, 15) is 0 Å². The first-order chi connectivity index (χ1) is 8.27. The average Bonchev–Trinajstić information content (AvgIpc) is 2.39. The minimum absolute atomic E-state index is 0.206. The molecular formula is C14H22N2O. The lowest BCUT2D eigenvalue weighted by molar-refractivity contribution is 0.0730. The maximum absolute atomic E-state index is 5.48.